The normalized spacial score (nSPS) is 29.3. The Balaban J connectivity index is 2.39. The summed E-state index contributed by atoms with van der Waals surface area (Å²) in [6.45, 7) is 0. The van der Waals surface area contributed by atoms with Crippen molar-refractivity contribution in [3.63, 3.8) is 0 Å². The van der Waals surface area contributed by atoms with E-state index >= 15 is 0 Å². The third-order valence-electron chi connectivity index (χ3n) is 2.55. The lowest BCUT2D eigenvalue weighted by Gasteiger charge is -2.30. The van der Waals surface area contributed by atoms with Gasteiger partial charge in [-0.05, 0) is 23.8 Å². The fourth-order valence-corrected chi connectivity index (χ4v) is 1.77. The summed E-state index contributed by atoms with van der Waals surface area (Å²) >= 11 is 0. The lowest BCUT2D eigenvalue weighted by molar-refractivity contribution is 0.0815. The predicted molar refractivity (Wildman–Crippen MR) is 61.0 cm³/mol. The second-order valence-electron chi connectivity index (χ2n) is 3.78. The first-order chi connectivity index (χ1) is 7.09. The van der Waals surface area contributed by atoms with Gasteiger partial charge in [0.2, 0.25) is 0 Å². The minimum Gasteiger partial charge on any atom is -0.399 e. The number of nitrogens with two attached hydrogens (primary N) is 2. The molecule has 15 heavy (non-hydrogen) atoms. The zero-order valence-electron chi connectivity index (χ0n) is 8.30. The molecule has 2 rings (SSSR count). The molecule has 0 fully saturated rings. The Bertz CT molecular complexity index is 421. The van der Waals surface area contributed by atoms with Crippen molar-refractivity contribution in [1.29, 1.82) is 0 Å². The zero-order valence-corrected chi connectivity index (χ0v) is 8.30. The van der Waals surface area contributed by atoms with Crippen LogP contribution in [0.4, 0.5) is 5.69 Å². The van der Waals surface area contributed by atoms with Gasteiger partial charge in [0.1, 0.15) is 5.72 Å². The van der Waals surface area contributed by atoms with E-state index in [4.69, 9.17) is 11.5 Å². The highest BCUT2D eigenvalue weighted by molar-refractivity contribution is 5.45. The summed E-state index contributed by atoms with van der Waals surface area (Å²) in [6, 6.07) is 7.39. The predicted octanol–water partition coefficient (Wildman–Crippen LogP) is 1.13. The van der Waals surface area contributed by atoms with Crippen LogP contribution in [-0.4, -0.2) is 10.8 Å². The van der Waals surface area contributed by atoms with E-state index in [2.05, 4.69) is 0 Å². The molecule has 0 saturated carbocycles. The van der Waals surface area contributed by atoms with E-state index in [0.29, 0.717) is 5.69 Å². The molecule has 3 heteroatoms. The van der Waals surface area contributed by atoms with E-state index in [1.54, 1.807) is 18.2 Å². The SMILES string of the molecule is Nc1cccc(C2C=CC=CC2(N)O)c1. The van der Waals surface area contributed by atoms with E-state index in [1.165, 1.54) is 0 Å². The molecule has 0 radical (unpaired) electrons. The van der Waals surface area contributed by atoms with Crippen LogP contribution >= 0.6 is 0 Å². The van der Waals surface area contributed by atoms with Gasteiger partial charge in [0.05, 0.1) is 0 Å². The lowest BCUT2D eigenvalue weighted by atomic mass is 9.85. The molecule has 2 unspecified atom stereocenters. The molecule has 0 heterocycles. The van der Waals surface area contributed by atoms with Crippen LogP contribution in [0, 0.1) is 0 Å². The highest BCUT2D eigenvalue weighted by Crippen LogP contribution is 2.30. The summed E-state index contributed by atoms with van der Waals surface area (Å²) in [4.78, 5) is 0. The molecule has 0 amide bonds. The molecule has 5 N–H and O–H groups in total. The van der Waals surface area contributed by atoms with Gasteiger partial charge in [-0.15, -0.1) is 0 Å². The Morgan fingerprint density at radius 2 is 2.07 bits per heavy atom. The van der Waals surface area contributed by atoms with Crippen LogP contribution in [0.5, 0.6) is 0 Å². The Morgan fingerprint density at radius 1 is 1.27 bits per heavy atom. The molecule has 0 bridgehead atoms. The van der Waals surface area contributed by atoms with Crippen molar-refractivity contribution in [3.05, 3.63) is 54.1 Å². The van der Waals surface area contributed by atoms with Crippen LogP contribution in [0.3, 0.4) is 0 Å². The van der Waals surface area contributed by atoms with Gasteiger partial charge in [0.15, 0.2) is 0 Å². The third-order valence-corrected chi connectivity index (χ3v) is 2.55. The highest BCUT2D eigenvalue weighted by atomic mass is 16.3. The summed E-state index contributed by atoms with van der Waals surface area (Å²) < 4.78 is 0. The number of allylic oxidation sites excluding steroid dienone is 2. The number of benzene rings is 1. The molecule has 3 nitrogen and oxygen atoms in total. The molecule has 1 aromatic carbocycles. The standard InChI is InChI=1S/C12H14N2O/c13-10-5-3-4-9(8-10)11-6-1-2-7-12(11,14)15/h1-8,11,15H,13-14H2. The smallest absolute Gasteiger partial charge is 0.143 e. The third kappa shape index (κ3) is 1.93. The van der Waals surface area contributed by atoms with Gasteiger partial charge in [0, 0.05) is 11.6 Å². The number of hydrogen-bond donors (Lipinski definition) is 3. The molecular formula is C12H14N2O. The Kier molecular flexibility index (Phi) is 2.34. The van der Waals surface area contributed by atoms with Gasteiger partial charge < -0.3 is 10.8 Å². The average molecular weight is 202 g/mol. The molecule has 0 saturated heterocycles. The van der Waals surface area contributed by atoms with Crippen molar-refractivity contribution >= 4 is 5.69 Å². The molecule has 2 atom stereocenters. The maximum Gasteiger partial charge on any atom is 0.143 e. The van der Waals surface area contributed by atoms with Crippen molar-refractivity contribution in [2.45, 2.75) is 11.6 Å². The number of aliphatic hydroxyl groups is 1. The summed E-state index contributed by atoms with van der Waals surface area (Å²) in [5, 5.41) is 9.98. The number of rotatable bonds is 1. The van der Waals surface area contributed by atoms with Crippen molar-refractivity contribution in [3.8, 4) is 0 Å². The van der Waals surface area contributed by atoms with Gasteiger partial charge in [-0.3, -0.25) is 5.73 Å². The van der Waals surface area contributed by atoms with E-state index < -0.39 is 5.72 Å². The second kappa shape index (κ2) is 3.53. The fourth-order valence-electron chi connectivity index (χ4n) is 1.77. The largest absolute Gasteiger partial charge is 0.399 e. The van der Waals surface area contributed by atoms with Gasteiger partial charge in [-0.2, -0.15) is 0 Å². The molecular weight excluding hydrogens is 188 g/mol. The molecule has 1 aliphatic rings. The maximum absolute atomic E-state index is 9.98. The van der Waals surface area contributed by atoms with Crippen LogP contribution in [-0.2, 0) is 0 Å². The quantitative estimate of drug-likeness (QED) is 0.472. The summed E-state index contributed by atoms with van der Waals surface area (Å²) in [7, 11) is 0. The number of anilines is 1. The average Bonchev–Trinajstić information content (AvgIpc) is 2.17. The molecule has 0 aromatic heterocycles. The van der Waals surface area contributed by atoms with E-state index in [0.717, 1.165) is 5.56 Å². The lowest BCUT2D eigenvalue weighted by Crippen LogP contribution is -2.43. The first kappa shape index (κ1) is 9.96. The fraction of sp³-hybridized carbons (Fsp3) is 0.167. The van der Waals surface area contributed by atoms with Crippen LogP contribution in [0.1, 0.15) is 11.5 Å². The van der Waals surface area contributed by atoms with Crippen molar-refractivity contribution in [1.82, 2.24) is 0 Å². The molecule has 1 aliphatic carbocycles. The van der Waals surface area contributed by atoms with Gasteiger partial charge in [-0.25, -0.2) is 0 Å². The van der Waals surface area contributed by atoms with E-state index in [1.807, 2.05) is 30.4 Å². The van der Waals surface area contributed by atoms with Crippen LogP contribution < -0.4 is 11.5 Å². The minimum atomic E-state index is -1.33. The summed E-state index contributed by atoms with van der Waals surface area (Å²) in [6.07, 6.45) is 7.06. The van der Waals surface area contributed by atoms with Gasteiger partial charge >= 0.3 is 0 Å². The van der Waals surface area contributed by atoms with Gasteiger partial charge in [0.25, 0.3) is 0 Å². The maximum atomic E-state index is 9.98. The Morgan fingerprint density at radius 3 is 2.73 bits per heavy atom. The number of hydrogen-bond acceptors (Lipinski definition) is 3. The molecule has 0 aliphatic heterocycles. The van der Waals surface area contributed by atoms with Crippen molar-refractivity contribution in [2.75, 3.05) is 5.73 Å². The molecule has 1 aromatic rings. The first-order valence-electron chi connectivity index (χ1n) is 4.82. The van der Waals surface area contributed by atoms with Crippen LogP contribution in [0.15, 0.2) is 48.6 Å². The number of nitrogen functional groups attached to an aromatic ring is 1. The van der Waals surface area contributed by atoms with Crippen LogP contribution in [0.25, 0.3) is 0 Å². The van der Waals surface area contributed by atoms with E-state index in [9.17, 15) is 5.11 Å². The topological polar surface area (TPSA) is 72.3 Å². The van der Waals surface area contributed by atoms with Crippen molar-refractivity contribution < 1.29 is 5.11 Å². The first-order valence-corrected chi connectivity index (χ1v) is 4.82. The molecule has 78 valence electrons. The Hall–Kier alpha value is -1.58. The second-order valence-corrected chi connectivity index (χ2v) is 3.78. The highest BCUT2D eigenvalue weighted by Gasteiger charge is 2.30. The summed E-state index contributed by atoms with van der Waals surface area (Å²) in [5.74, 6) is -0.244. The van der Waals surface area contributed by atoms with E-state index in [-0.39, 0.29) is 5.92 Å². The van der Waals surface area contributed by atoms with Crippen molar-refractivity contribution in [2.24, 2.45) is 5.73 Å². The van der Waals surface area contributed by atoms with Crippen LogP contribution in [0.2, 0.25) is 0 Å². The monoisotopic (exact) mass is 202 g/mol. The minimum absolute atomic E-state index is 0.244. The zero-order chi connectivity index (χ0) is 10.9. The Labute approximate surface area is 88.7 Å². The molecule has 0 spiro atoms. The van der Waals surface area contributed by atoms with Gasteiger partial charge in [-0.1, -0.05) is 30.4 Å². The summed E-state index contributed by atoms with van der Waals surface area (Å²) in [5.41, 5.74) is 11.7.